The third-order valence-corrected chi connectivity index (χ3v) is 2.76. The van der Waals surface area contributed by atoms with Gasteiger partial charge in [-0.25, -0.2) is 9.50 Å². The van der Waals surface area contributed by atoms with E-state index in [1.165, 1.54) is 5.56 Å². The third-order valence-electron chi connectivity index (χ3n) is 2.76. The van der Waals surface area contributed by atoms with E-state index in [2.05, 4.69) is 17.0 Å². The summed E-state index contributed by atoms with van der Waals surface area (Å²) in [4.78, 5) is 4.22. The summed E-state index contributed by atoms with van der Waals surface area (Å²) in [6.07, 6.45) is 3.56. The second-order valence-electron chi connectivity index (χ2n) is 4.02. The summed E-state index contributed by atoms with van der Waals surface area (Å²) >= 11 is 0. The number of rotatable bonds is 1. The molecule has 84 valence electrons. The lowest BCUT2D eigenvalue weighted by atomic mass is 10.1. The van der Waals surface area contributed by atoms with Gasteiger partial charge in [0.1, 0.15) is 11.4 Å². The van der Waals surface area contributed by atoms with Crippen molar-refractivity contribution >= 4 is 11.3 Å². The fourth-order valence-corrected chi connectivity index (χ4v) is 1.83. The van der Waals surface area contributed by atoms with Crippen molar-refractivity contribution in [2.24, 2.45) is 0 Å². The standard InChI is InChI=1S/C13H12N4/c1-9-3-5-10(6-4-9)12-11(14)13-15-7-2-8-17(13)16-12/h2-8H,14H2,1H3. The molecule has 0 aliphatic heterocycles. The smallest absolute Gasteiger partial charge is 0.178 e. The highest BCUT2D eigenvalue weighted by Gasteiger charge is 2.11. The van der Waals surface area contributed by atoms with E-state index in [4.69, 9.17) is 5.73 Å². The van der Waals surface area contributed by atoms with Gasteiger partial charge in [0.25, 0.3) is 0 Å². The predicted octanol–water partition coefficient (Wildman–Crippen LogP) is 2.29. The Labute approximate surface area is 98.7 Å². The molecule has 17 heavy (non-hydrogen) atoms. The van der Waals surface area contributed by atoms with Crippen molar-refractivity contribution in [2.75, 3.05) is 5.73 Å². The van der Waals surface area contributed by atoms with Crippen LogP contribution in [0.3, 0.4) is 0 Å². The first-order valence-corrected chi connectivity index (χ1v) is 5.41. The third kappa shape index (κ3) is 1.54. The molecule has 0 saturated heterocycles. The van der Waals surface area contributed by atoms with E-state index >= 15 is 0 Å². The first-order valence-electron chi connectivity index (χ1n) is 5.41. The largest absolute Gasteiger partial charge is 0.394 e. The van der Waals surface area contributed by atoms with Crippen LogP contribution in [0.1, 0.15) is 5.56 Å². The topological polar surface area (TPSA) is 56.2 Å². The van der Waals surface area contributed by atoms with Crippen molar-refractivity contribution in [2.45, 2.75) is 6.92 Å². The number of benzene rings is 1. The van der Waals surface area contributed by atoms with E-state index in [9.17, 15) is 0 Å². The quantitative estimate of drug-likeness (QED) is 0.690. The monoisotopic (exact) mass is 224 g/mol. The summed E-state index contributed by atoms with van der Waals surface area (Å²) in [5.41, 5.74) is 10.4. The number of nitrogens with two attached hydrogens (primary N) is 1. The zero-order valence-electron chi connectivity index (χ0n) is 9.46. The van der Waals surface area contributed by atoms with Gasteiger partial charge in [-0.1, -0.05) is 29.8 Å². The first kappa shape index (κ1) is 9.84. The molecule has 0 bridgehead atoms. The molecule has 0 aliphatic carbocycles. The maximum Gasteiger partial charge on any atom is 0.178 e. The van der Waals surface area contributed by atoms with Crippen molar-refractivity contribution < 1.29 is 0 Å². The van der Waals surface area contributed by atoms with Crippen molar-refractivity contribution in [1.82, 2.24) is 14.6 Å². The molecule has 2 aromatic heterocycles. The highest BCUT2D eigenvalue weighted by molar-refractivity contribution is 5.82. The molecule has 2 heterocycles. The Balaban J connectivity index is 2.24. The maximum absolute atomic E-state index is 6.06. The van der Waals surface area contributed by atoms with Crippen molar-refractivity contribution in [3.05, 3.63) is 48.3 Å². The molecule has 3 rings (SSSR count). The molecular weight excluding hydrogens is 212 g/mol. The minimum Gasteiger partial charge on any atom is -0.394 e. The van der Waals surface area contributed by atoms with E-state index < -0.39 is 0 Å². The Hall–Kier alpha value is -2.36. The van der Waals surface area contributed by atoms with Crippen LogP contribution in [-0.4, -0.2) is 14.6 Å². The van der Waals surface area contributed by atoms with E-state index in [0.717, 1.165) is 11.3 Å². The van der Waals surface area contributed by atoms with Gasteiger partial charge < -0.3 is 5.73 Å². The number of hydrogen-bond donors (Lipinski definition) is 1. The fraction of sp³-hybridized carbons (Fsp3) is 0.0769. The Bertz CT molecular complexity index is 667. The molecule has 0 fully saturated rings. The Kier molecular flexibility index (Phi) is 2.08. The van der Waals surface area contributed by atoms with Gasteiger partial charge >= 0.3 is 0 Å². The van der Waals surface area contributed by atoms with Crippen LogP contribution in [0.25, 0.3) is 16.9 Å². The number of aryl methyl sites for hydroxylation is 1. The lowest BCUT2D eigenvalue weighted by Crippen LogP contribution is -1.89. The molecule has 0 radical (unpaired) electrons. The molecule has 0 atom stereocenters. The molecule has 2 N–H and O–H groups in total. The number of nitrogen functional groups attached to an aromatic ring is 1. The summed E-state index contributed by atoms with van der Waals surface area (Å²) in [6.45, 7) is 2.05. The van der Waals surface area contributed by atoms with Gasteiger partial charge in [-0.2, -0.15) is 5.10 Å². The molecule has 0 aliphatic rings. The van der Waals surface area contributed by atoms with Crippen molar-refractivity contribution in [1.29, 1.82) is 0 Å². The molecular formula is C13H12N4. The van der Waals surface area contributed by atoms with E-state index in [1.54, 1.807) is 10.7 Å². The van der Waals surface area contributed by atoms with Gasteiger partial charge in [0, 0.05) is 18.0 Å². The van der Waals surface area contributed by atoms with Crippen molar-refractivity contribution in [3.8, 4) is 11.3 Å². The maximum atomic E-state index is 6.06. The number of nitrogens with zero attached hydrogens (tertiary/aromatic N) is 3. The van der Waals surface area contributed by atoms with Crippen LogP contribution in [0.15, 0.2) is 42.7 Å². The molecule has 4 nitrogen and oxygen atoms in total. The highest BCUT2D eigenvalue weighted by Crippen LogP contribution is 2.27. The SMILES string of the molecule is Cc1ccc(-c2nn3cccnc3c2N)cc1. The summed E-state index contributed by atoms with van der Waals surface area (Å²) in [7, 11) is 0. The second-order valence-corrected chi connectivity index (χ2v) is 4.02. The van der Waals surface area contributed by atoms with Crippen LogP contribution >= 0.6 is 0 Å². The molecule has 4 heteroatoms. The average molecular weight is 224 g/mol. The average Bonchev–Trinajstić information content (AvgIpc) is 2.69. The normalized spacial score (nSPS) is 10.9. The van der Waals surface area contributed by atoms with Crippen LogP contribution < -0.4 is 5.73 Å². The molecule has 0 unspecified atom stereocenters. The summed E-state index contributed by atoms with van der Waals surface area (Å²) in [5.74, 6) is 0. The second kappa shape index (κ2) is 3.59. The lowest BCUT2D eigenvalue weighted by molar-refractivity contribution is 0.943. The fourth-order valence-electron chi connectivity index (χ4n) is 1.83. The van der Waals surface area contributed by atoms with E-state index in [0.29, 0.717) is 11.3 Å². The van der Waals surface area contributed by atoms with Gasteiger partial charge in [0.05, 0.1) is 0 Å². The summed E-state index contributed by atoms with van der Waals surface area (Å²) in [5, 5.41) is 4.44. The predicted molar refractivity (Wildman–Crippen MR) is 67.6 cm³/mol. The number of hydrogen-bond acceptors (Lipinski definition) is 3. The minimum atomic E-state index is 0.620. The Morgan fingerprint density at radius 2 is 1.94 bits per heavy atom. The number of aromatic nitrogens is 3. The van der Waals surface area contributed by atoms with Gasteiger partial charge in [-0.3, -0.25) is 0 Å². The van der Waals surface area contributed by atoms with Crippen LogP contribution in [0.5, 0.6) is 0 Å². The molecule has 0 saturated carbocycles. The molecule has 0 amide bonds. The van der Waals surface area contributed by atoms with Gasteiger partial charge in [-0.15, -0.1) is 0 Å². The van der Waals surface area contributed by atoms with Gasteiger partial charge in [0.15, 0.2) is 5.65 Å². The summed E-state index contributed by atoms with van der Waals surface area (Å²) < 4.78 is 1.70. The number of fused-ring (bicyclic) bond motifs is 1. The molecule has 3 aromatic rings. The Morgan fingerprint density at radius 3 is 2.65 bits per heavy atom. The van der Waals surface area contributed by atoms with Gasteiger partial charge in [0.2, 0.25) is 0 Å². The Morgan fingerprint density at radius 1 is 1.18 bits per heavy atom. The zero-order valence-corrected chi connectivity index (χ0v) is 9.46. The van der Waals surface area contributed by atoms with Crippen LogP contribution in [0, 0.1) is 6.92 Å². The van der Waals surface area contributed by atoms with Crippen LogP contribution in [-0.2, 0) is 0 Å². The highest BCUT2D eigenvalue weighted by atomic mass is 15.3. The minimum absolute atomic E-state index is 0.620. The molecule has 0 spiro atoms. The summed E-state index contributed by atoms with van der Waals surface area (Å²) in [6, 6.07) is 9.97. The first-order chi connectivity index (χ1) is 8.25. The zero-order chi connectivity index (χ0) is 11.8. The van der Waals surface area contributed by atoms with Crippen LogP contribution in [0.2, 0.25) is 0 Å². The van der Waals surface area contributed by atoms with Crippen LogP contribution in [0.4, 0.5) is 5.69 Å². The van der Waals surface area contributed by atoms with E-state index in [1.807, 2.05) is 36.5 Å². The van der Waals surface area contributed by atoms with Gasteiger partial charge in [-0.05, 0) is 13.0 Å². The van der Waals surface area contributed by atoms with Crippen molar-refractivity contribution in [3.63, 3.8) is 0 Å². The molecule has 1 aromatic carbocycles. The lowest BCUT2D eigenvalue weighted by Gasteiger charge is -1.98. The van der Waals surface area contributed by atoms with E-state index in [-0.39, 0.29) is 0 Å². The number of anilines is 1.